The van der Waals surface area contributed by atoms with Crippen molar-refractivity contribution in [2.75, 3.05) is 0 Å². The number of primary amides is 1. The van der Waals surface area contributed by atoms with Crippen LogP contribution in [0, 0.1) is 0 Å². The maximum Gasteiger partial charge on any atom is 0.244 e. The molecule has 0 atom stereocenters. The quantitative estimate of drug-likeness (QED) is 0.701. The predicted octanol–water partition coefficient (Wildman–Crippen LogP) is 1.97. The second kappa shape index (κ2) is 4.45. The van der Waals surface area contributed by atoms with E-state index in [4.69, 9.17) is 5.73 Å². The highest BCUT2D eigenvalue weighted by molar-refractivity contribution is 5.96. The summed E-state index contributed by atoms with van der Waals surface area (Å²) in [5.74, 6) is -0.341. The van der Waals surface area contributed by atoms with Crippen LogP contribution in [-0.2, 0) is 4.79 Å². The fraction of sp³-hybridized carbons (Fsp3) is 0.182. The lowest BCUT2D eigenvalue weighted by Gasteiger charge is -1.98. The molecule has 0 heterocycles. The van der Waals surface area contributed by atoms with Crippen molar-refractivity contribution in [1.82, 2.24) is 0 Å². The molecule has 1 aromatic carbocycles. The molecule has 0 radical (unpaired) electrons. The molecule has 0 fully saturated rings. The third-order valence-electron chi connectivity index (χ3n) is 1.84. The number of carbonyl (C=O) groups excluding carboxylic acids is 1. The highest BCUT2D eigenvalue weighted by Gasteiger charge is 2.00. The molecule has 0 spiro atoms. The monoisotopic (exact) mass is 175 g/mol. The van der Waals surface area contributed by atoms with Gasteiger partial charge in [-0.3, -0.25) is 4.79 Å². The van der Waals surface area contributed by atoms with Gasteiger partial charge in [0.25, 0.3) is 0 Å². The molecular formula is C11H13NO. The first-order valence-electron chi connectivity index (χ1n) is 4.29. The fourth-order valence-electron chi connectivity index (χ4n) is 1.10. The number of carbonyl (C=O) groups is 1. The minimum atomic E-state index is -0.341. The number of amides is 1. The van der Waals surface area contributed by atoms with Crippen molar-refractivity contribution in [2.24, 2.45) is 5.73 Å². The zero-order valence-corrected chi connectivity index (χ0v) is 7.66. The SMILES string of the molecule is CC/C(=C/c1ccccc1)C(N)=O. The number of rotatable bonds is 3. The van der Waals surface area contributed by atoms with Crippen LogP contribution < -0.4 is 5.73 Å². The van der Waals surface area contributed by atoms with E-state index in [-0.39, 0.29) is 5.91 Å². The van der Waals surface area contributed by atoms with Crippen LogP contribution in [0.3, 0.4) is 0 Å². The van der Waals surface area contributed by atoms with E-state index in [1.807, 2.05) is 43.3 Å². The third-order valence-corrected chi connectivity index (χ3v) is 1.84. The molecule has 0 saturated carbocycles. The van der Waals surface area contributed by atoms with Gasteiger partial charge in [-0.1, -0.05) is 37.3 Å². The molecule has 68 valence electrons. The van der Waals surface area contributed by atoms with Crippen LogP contribution in [0.5, 0.6) is 0 Å². The molecule has 2 nitrogen and oxygen atoms in total. The van der Waals surface area contributed by atoms with Gasteiger partial charge in [0.05, 0.1) is 0 Å². The number of nitrogens with two attached hydrogens (primary N) is 1. The zero-order chi connectivity index (χ0) is 9.68. The minimum absolute atomic E-state index is 0.341. The van der Waals surface area contributed by atoms with E-state index < -0.39 is 0 Å². The van der Waals surface area contributed by atoms with Gasteiger partial charge >= 0.3 is 0 Å². The number of benzene rings is 1. The molecular weight excluding hydrogens is 162 g/mol. The van der Waals surface area contributed by atoms with Gasteiger partial charge in [-0.2, -0.15) is 0 Å². The summed E-state index contributed by atoms with van der Waals surface area (Å²) in [6.07, 6.45) is 2.49. The van der Waals surface area contributed by atoms with Gasteiger partial charge in [-0.25, -0.2) is 0 Å². The molecule has 0 bridgehead atoms. The Labute approximate surface area is 78.1 Å². The first kappa shape index (κ1) is 9.52. The van der Waals surface area contributed by atoms with E-state index in [0.29, 0.717) is 12.0 Å². The maximum absolute atomic E-state index is 10.9. The Morgan fingerprint density at radius 1 is 1.38 bits per heavy atom. The van der Waals surface area contributed by atoms with E-state index in [2.05, 4.69) is 0 Å². The first-order valence-corrected chi connectivity index (χ1v) is 4.29. The predicted molar refractivity (Wildman–Crippen MR) is 53.9 cm³/mol. The van der Waals surface area contributed by atoms with E-state index in [1.165, 1.54) is 0 Å². The average Bonchev–Trinajstić information content (AvgIpc) is 2.15. The summed E-state index contributed by atoms with van der Waals surface area (Å²) >= 11 is 0. The van der Waals surface area contributed by atoms with Gasteiger partial charge < -0.3 is 5.73 Å². The van der Waals surface area contributed by atoms with Crippen LogP contribution in [0.2, 0.25) is 0 Å². The van der Waals surface area contributed by atoms with Crippen molar-refractivity contribution in [3.63, 3.8) is 0 Å². The molecule has 0 aliphatic heterocycles. The van der Waals surface area contributed by atoms with Gasteiger partial charge in [-0.05, 0) is 18.1 Å². The minimum Gasteiger partial charge on any atom is -0.366 e. The van der Waals surface area contributed by atoms with E-state index >= 15 is 0 Å². The first-order chi connectivity index (χ1) is 6.24. The van der Waals surface area contributed by atoms with Crippen molar-refractivity contribution in [3.05, 3.63) is 41.5 Å². The number of hydrogen-bond acceptors (Lipinski definition) is 1. The Bertz CT molecular complexity index is 314. The van der Waals surface area contributed by atoms with Crippen LogP contribution in [0.25, 0.3) is 6.08 Å². The highest BCUT2D eigenvalue weighted by Crippen LogP contribution is 2.08. The maximum atomic E-state index is 10.9. The van der Waals surface area contributed by atoms with Crippen molar-refractivity contribution >= 4 is 12.0 Å². The standard InChI is InChI=1S/C11H13NO/c1-2-10(11(12)13)8-9-6-4-3-5-7-9/h3-8H,2H2,1H3,(H2,12,13)/b10-8-. The van der Waals surface area contributed by atoms with Gasteiger partial charge in [-0.15, -0.1) is 0 Å². The van der Waals surface area contributed by atoms with Crippen molar-refractivity contribution in [1.29, 1.82) is 0 Å². The van der Waals surface area contributed by atoms with Crippen molar-refractivity contribution in [3.8, 4) is 0 Å². The summed E-state index contributed by atoms with van der Waals surface area (Å²) in [7, 11) is 0. The Hall–Kier alpha value is -1.57. The second-order valence-electron chi connectivity index (χ2n) is 2.80. The molecule has 1 amide bonds. The molecule has 1 aromatic rings. The van der Waals surface area contributed by atoms with Gasteiger partial charge in [0.15, 0.2) is 0 Å². The van der Waals surface area contributed by atoms with Crippen LogP contribution in [0.15, 0.2) is 35.9 Å². The summed E-state index contributed by atoms with van der Waals surface area (Å²) in [6.45, 7) is 1.92. The van der Waals surface area contributed by atoms with Crippen molar-refractivity contribution in [2.45, 2.75) is 13.3 Å². The van der Waals surface area contributed by atoms with Crippen LogP contribution >= 0.6 is 0 Å². The molecule has 1 rings (SSSR count). The molecule has 0 unspecified atom stereocenters. The number of hydrogen-bond donors (Lipinski definition) is 1. The second-order valence-corrected chi connectivity index (χ2v) is 2.80. The topological polar surface area (TPSA) is 43.1 Å². The molecule has 0 aliphatic carbocycles. The van der Waals surface area contributed by atoms with E-state index in [9.17, 15) is 4.79 Å². The summed E-state index contributed by atoms with van der Waals surface area (Å²) < 4.78 is 0. The molecule has 0 aromatic heterocycles. The third kappa shape index (κ3) is 2.75. The van der Waals surface area contributed by atoms with Crippen LogP contribution in [-0.4, -0.2) is 5.91 Å². The van der Waals surface area contributed by atoms with Crippen LogP contribution in [0.1, 0.15) is 18.9 Å². The lowest BCUT2D eigenvalue weighted by molar-refractivity contribution is -0.114. The Morgan fingerprint density at radius 2 is 2.00 bits per heavy atom. The van der Waals surface area contributed by atoms with Gasteiger partial charge in [0, 0.05) is 5.57 Å². The fourth-order valence-corrected chi connectivity index (χ4v) is 1.10. The Kier molecular flexibility index (Phi) is 3.26. The van der Waals surface area contributed by atoms with Crippen molar-refractivity contribution < 1.29 is 4.79 Å². The normalized spacial score (nSPS) is 11.3. The molecule has 2 heteroatoms. The summed E-state index contributed by atoms with van der Waals surface area (Å²) in [6, 6.07) is 9.69. The van der Waals surface area contributed by atoms with Gasteiger partial charge in [0.1, 0.15) is 0 Å². The van der Waals surface area contributed by atoms with Gasteiger partial charge in [0.2, 0.25) is 5.91 Å². The molecule has 13 heavy (non-hydrogen) atoms. The zero-order valence-electron chi connectivity index (χ0n) is 7.66. The molecule has 0 aliphatic rings. The molecule has 0 saturated heterocycles. The largest absolute Gasteiger partial charge is 0.366 e. The van der Waals surface area contributed by atoms with Crippen LogP contribution in [0.4, 0.5) is 0 Å². The lowest BCUT2D eigenvalue weighted by Crippen LogP contribution is -2.12. The Morgan fingerprint density at radius 3 is 2.46 bits per heavy atom. The summed E-state index contributed by atoms with van der Waals surface area (Å²) in [4.78, 5) is 10.9. The molecule has 2 N–H and O–H groups in total. The smallest absolute Gasteiger partial charge is 0.244 e. The summed E-state index contributed by atoms with van der Waals surface area (Å²) in [5.41, 5.74) is 6.86. The van der Waals surface area contributed by atoms with E-state index in [1.54, 1.807) is 0 Å². The van der Waals surface area contributed by atoms with E-state index in [0.717, 1.165) is 5.56 Å². The summed E-state index contributed by atoms with van der Waals surface area (Å²) in [5, 5.41) is 0. The lowest BCUT2D eigenvalue weighted by atomic mass is 10.1. The Balaban J connectivity index is 2.92. The highest BCUT2D eigenvalue weighted by atomic mass is 16.1. The average molecular weight is 175 g/mol.